The minimum absolute atomic E-state index is 0.0363. The van der Waals surface area contributed by atoms with Gasteiger partial charge in [-0.2, -0.15) is 0 Å². The Kier molecular flexibility index (Phi) is 6.34. The fourth-order valence-corrected chi connectivity index (χ4v) is 5.05. The predicted molar refractivity (Wildman–Crippen MR) is 112 cm³/mol. The maximum Gasteiger partial charge on any atom is 0.248 e. The van der Waals surface area contributed by atoms with E-state index in [0.717, 1.165) is 11.1 Å². The highest BCUT2D eigenvalue weighted by Gasteiger charge is 2.31. The first kappa shape index (κ1) is 21.0. The molecule has 1 aliphatic rings. The van der Waals surface area contributed by atoms with Gasteiger partial charge in [-0.1, -0.05) is 35.9 Å². The first-order valence-corrected chi connectivity index (χ1v) is 11.1. The van der Waals surface area contributed by atoms with Crippen molar-refractivity contribution in [2.45, 2.75) is 25.5 Å². The van der Waals surface area contributed by atoms with Crippen molar-refractivity contribution < 1.29 is 18.0 Å². The zero-order valence-electron chi connectivity index (χ0n) is 16.3. The summed E-state index contributed by atoms with van der Waals surface area (Å²) in [7, 11) is -3.43. The Labute approximate surface area is 171 Å². The maximum absolute atomic E-state index is 12.7. The third-order valence-electron chi connectivity index (χ3n) is 5.06. The molecule has 2 amide bonds. The highest BCUT2D eigenvalue weighted by molar-refractivity contribution is 7.88. The molecule has 0 spiro atoms. The van der Waals surface area contributed by atoms with Gasteiger partial charge in [0.25, 0.3) is 0 Å². The first-order valence-electron chi connectivity index (χ1n) is 9.49. The highest BCUT2D eigenvalue weighted by Crippen LogP contribution is 2.23. The Balaban J connectivity index is 1.57. The van der Waals surface area contributed by atoms with E-state index in [1.807, 2.05) is 31.2 Å². The molecule has 0 unspecified atom stereocenters. The number of primary amides is 1. The minimum atomic E-state index is -3.43. The fraction of sp³-hybridized carbons (Fsp3) is 0.333. The Morgan fingerprint density at radius 3 is 2.45 bits per heavy atom. The van der Waals surface area contributed by atoms with Crippen molar-refractivity contribution in [3.63, 3.8) is 0 Å². The van der Waals surface area contributed by atoms with Gasteiger partial charge in [-0.15, -0.1) is 0 Å². The van der Waals surface area contributed by atoms with Crippen molar-refractivity contribution in [2.75, 3.05) is 18.4 Å². The lowest BCUT2D eigenvalue weighted by Gasteiger charge is -2.30. The molecule has 0 aromatic heterocycles. The van der Waals surface area contributed by atoms with Crippen LogP contribution in [0, 0.1) is 12.8 Å². The molecule has 2 aromatic carbocycles. The van der Waals surface area contributed by atoms with E-state index in [1.54, 1.807) is 18.2 Å². The Morgan fingerprint density at radius 2 is 1.79 bits per heavy atom. The molecule has 0 bridgehead atoms. The number of piperidine rings is 1. The number of hydrogen-bond donors (Lipinski definition) is 2. The summed E-state index contributed by atoms with van der Waals surface area (Å²) in [6, 6.07) is 13.9. The van der Waals surface area contributed by atoms with Gasteiger partial charge in [0.2, 0.25) is 21.8 Å². The molecule has 154 valence electrons. The second kappa shape index (κ2) is 8.75. The van der Waals surface area contributed by atoms with Gasteiger partial charge in [-0.3, -0.25) is 9.59 Å². The molecule has 2 aromatic rings. The van der Waals surface area contributed by atoms with E-state index >= 15 is 0 Å². The number of nitrogens with two attached hydrogens (primary N) is 1. The average molecular weight is 416 g/mol. The van der Waals surface area contributed by atoms with Crippen molar-refractivity contribution in [1.29, 1.82) is 0 Å². The van der Waals surface area contributed by atoms with E-state index in [2.05, 4.69) is 5.32 Å². The van der Waals surface area contributed by atoms with Crippen LogP contribution in [0.3, 0.4) is 0 Å². The minimum Gasteiger partial charge on any atom is -0.366 e. The van der Waals surface area contributed by atoms with Crippen molar-refractivity contribution in [3.8, 4) is 0 Å². The standard InChI is InChI=1S/C21H25N3O4S/c1-15-4-2-5-16(12-15)14-29(27,28)24-10-8-17(9-11-24)21(26)23-19-7-3-6-18(13-19)20(22)25/h2-7,12-13,17H,8-11,14H2,1H3,(H2,22,25)(H,23,26). The highest BCUT2D eigenvalue weighted by atomic mass is 32.2. The van der Waals surface area contributed by atoms with E-state index in [-0.39, 0.29) is 17.6 Å². The smallest absolute Gasteiger partial charge is 0.248 e. The fourth-order valence-electron chi connectivity index (χ4n) is 3.49. The summed E-state index contributed by atoms with van der Waals surface area (Å²) < 4.78 is 26.9. The molecule has 0 radical (unpaired) electrons. The lowest BCUT2D eigenvalue weighted by Crippen LogP contribution is -2.41. The second-order valence-corrected chi connectivity index (χ2v) is 9.32. The van der Waals surface area contributed by atoms with E-state index < -0.39 is 15.9 Å². The molecule has 1 aliphatic heterocycles. The van der Waals surface area contributed by atoms with Gasteiger partial charge < -0.3 is 11.1 Å². The number of sulfonamides is 1. The van der Waals surface area contributed by atoms with Gasteiger partial charge in [-0.05, 0) is 43.5 Å². The Bertz CT molecular complexity index is 1010. The number of carbonyl (C=O) groups is 2. The molecule has 1 saturated heterocycles. The van der Waals surface area contributed by atoms with E-state index in [4.69, 9.17) is 5.73 Å². The number of nitrogens with one attached hydrogen (secondary N) is 1. The van der Waals surface area contributed by atoms with E-state index in [0.29, 0.717) is 37.2 Å². The molecule has 1 fully saturated rings. The largest absolute Gasteiger partial charge is 0.366 e. The first-order chi connectivity index (χ1) is 13.7. The molecule has 3 N–H and O–H groups in total. The molecular weight excluding hydrogens is 390 g/mol. The number of hydrogen-bond acceptors (Lipinski definition) is 4. The molecule has 0 atom stereocenters. The lowest BCUT2D eigenvalue weighted by molar-refractivity contribution is -0.120. The van der Waals surface area contributed by atoms with Crippen LogP contribution in [0.1, 0.15) is 34.3 Å². The zero-order chi connectivity index (χ0) is 21.0. The quantitative estimate of drug-likeness (QED) is 0.754. The van der Waals surface area contributed by atoms with Crippen LogP contribution < -0.4 is 11.1 Å². The number of benzene rings is 2. The molecule has 29 heavy (non-hydrogen) atoms. The second-order valence-electron chi connectivity index (χ2n) is 7.35. The van der Waals surface area contributed by atoms with Crippen LogP contribution in [0.25, 0.3) is 0 Å². The Hall–Kier alpha value is -2.71. The maximum atomic E-state index is 12.7. The predicted octanol–water partition coefficient (Wildman–Crippen LogP) is 2.27. The summed E-state index contributed by atoms with van der Waals surface area (Å²) in [4.78, 5) is 23.8. The number of amides is 2. The number of nitrogens with zero attached hydrogens (tertiary/aromatic N) is 1. The number of anilines is 1. The molecule has 7 nitrogen and oxygen atoms in total. The normalized spacial score (nSPS) is 15.8. The SMILES string of the molecule is Cc1cccc(CS(=O)(=O)N2CCC(C(=O)Nc3cccc(C(N)=O)c3)CC2)c1. The van der Waals surface area contributed by atoms with E-state index in [9.17, 15) is 18.0 Å². The van der Waals surface area contributed by atoms with Crippen LogP contribution in [-0.2, 0) is 20.6 Å². The summed E-state index contributed by atoms with van der Waals surface area (Å²) in [6.07, 6.45) is 0.906. The van der Waals surface area contributed by atoms with Crippen LogP contribution in [-0.4, -0.2) is 37.6 Å². The summed E-state index contributed by atoms with van der Waals surface area (Å²) in [6.45, 7) is 2.56. The van der Waals surface area contributed by atoms with Crippen LogP contribution in [0.2, 0.25) is 0 Å². The van der Waals surface area contributed by atoms with Gasteiger partial charge in [0.1, 0.15) is 0 Å². The van der Waals surface area contributed by atoms with Gasteiger partial charge >= 0.3 is 0 Å². The molecule has 3 rings (SSSR count). The summed E-state index contributed by atoms with van der Waals surface area (Å²) in [5, 5.41) is 2.79. The van der Waals surface area contributed by atoms with Crippen molar-refractivity contribution in [3.05, 3.63) is 65.2 Å². The van der Waals surface area contributed by atoms with Crippen molar-refractivity contribution >= 4 is 27.5 Å². The molecular formula is C21H25N3O4S. The third kappa shape index (κ3) is 5.42. The van der Waals surface area contributed by atoms with Gasteiger partial charge in [0, 0.05) is 30.3 Å². The van der Waals surface area contributed by atoms with E-state index in [1.165, 1.54) is 10.4 Å². The zero-order valence-corrected chi connectivity index (χ0v) is 17.1. The Morgan fingerprint density at radius 1 is 1.10 bits per heavy atom. The van der Waals surface area contributed by atoms with Crippen LogP contribution in [0.4, 0.5) is 5.69 Å². The van der Waals surface area contributed by atoms with Crippen LogP contribution in [0.15, 0.2) is 48.5 Å². The van der Waals surface area contributed by atoms with Gasteiger partial charge in [-0.25, -0.2) is 12.7 Å². The molecule has 0 aliphatic carbocycles. The van der Waals surface area contributed by atoms with Gasteiger partial charge in [0.05, 0.1) is 5.75 Å². The average Bonchev–Trinajstić information content (AvgIpc) is 2.68. The van der Waals surface area contributed by atoms with Crippen LogP contribution in [0.5, 0.6) is 0 Å². The molecule has 8 heteroatoms. The molecule has 1 heterocycles. The van der Waals surface area contributed by atoms with Crippen molar-refractivity contribution in [2.24, 2.45) is 11.7 Å². The molecule has 0 saturated carbocycles. The van der Waals surface area contributed by atoms with Gasteiger partial charge in [0.15, 0.2) is 0 Å². The summed E-state index contributed by atoms with van der Waals surface area (Å²) >= 11 is 0. The monoisotopic (exact) mass is 415 g/mol. The topological polar surface area (TPSA) is 110 Å². The lowest BCUT2D eigenvalue weighted by atomic mass is 9.97. The summed E-state index contributed by atoms with van der Waals surface area (Å²) in [5.74, 6) is -1.06. The third-order valence-corrected chi connectivity index (χ3v) is 6.91. The van der Waals surface area contributed by atoms with Crippen molar-refractivity contribution in [1.82, 2.24) is 4.31 Å². The number of rotatable bonds is 6. The number of carbonyl (C=O) groups excluding carboxylic acids is 2. The number of aryl methyl sites for hydroxylation is 1. The summed E-state index contributed by atoms with van der Waals surface area (Å²) in [5.41, 5.74) is 7.87. The van der Waals surface area contributed by atoms with Crippen LogP contribution >= 0.6 is 0 Å².